The summed E-state index contributed by atoms with van der Waals surface area (Å²) in [6.07, 6.45) is 5.29. The average Bonchev–Trinajstić information content (AvgIpc) is 3.23. The fourth-order valence-corrected chi connectivity index (χ4v) is 3.05. The molecule has 0 radical (unpaired) electrons. The van der Waals surface area contributed by atoms with Crippen LogP contribution in [0.3, 0.4) is 0 Å². The minimum Gasteiger partial charge on any atom is -0.321 e. The van der Waals surface area contributed by atoms with Gasteiger partial charge in [-0.05, 0) is 42.8 Å². The lowest BCUT2D eigenvalue weighted by Crippen LogP contribution is -2.12. The molecule has 0 fully saturated rings. The summed E-state index contributed by atoms with van der Waals surface area (Å²) in [5.41, 5.74) is 4.96. The van der Waals surface area contributed by atoms with Gasteiger partial charge in [-0.15, -0.1) is 11.3 Å². The highest BCUT2D eigenvalue weighted by Gasteiger charge is 2.09. The molecule has 0 saturated carbocycles. The zero-order chi connectivity index (χ0) is 16.5. The normalized spacial score (nSPS) is 10.9. The average molecular weight is 335 g/mol. The number of aryl methyl sites for hydroxylation is 1. The van der Waals surface area contributed by atoms with Crippen molar-refractivity contribution >= 4 is 33.1 Å². The zero-order valence-electron chi connectivity index (χ0n) is 12.8. The van der Waals surface area contributed by atoms with Crippen molar-refractivity contribution in [3.05, 3.63) is 65.6 Å². The minimum absolute atomic E-state index is 0.171. The molecule has 1 amide bonds. The van der Waals surface area contributed by atoms with Gasteiger partial charge in [0, 0.05) is 11.8 Å². The van der Waals surface area contributed by atoms with E-state index in [1.165, 1.54) is 11.3 Å². The zero-order valence-corrected chi connectivity index (χ0v) is 13.6. The van der Waals surface area contributed by atoms with Crippen LogP contribution in [0, 0.1) is 6.92 Å². The van der Waals surface area contributed by atoms with Crippen LogP contribution in [0.4, 0.5) is 5.69 Å². The molecule has 0 spiro atoms. The number of nitrogens with one attached hydrogen (secondary N) is 1. The third-order valence-corrected chi connectivity index (χ3v) is 4.34. The van der Waals surface area contributed by atoms with E-state index in [2.05, 4.69) is 20.4 Å². The van der Waals surface area contributed by atoms with Crippen molar-refractivity contribution in [2.24, 2.45) is 0 Å². The van der Waals surface area contributed by atoms with Crippen LogP contribution in [0.25, 0.3) is 16.0 Å². The highest BCUT2D eigenvalue weighted by Crippen LogP contribution is 2.20. The molecule has 7 heteroatoms. The van der Waals surface area contributed by atoms with Gasteiger partial charge in [0.15, 0.2) is 5.82 Å². The molecule has 0 aliphatic heterocycles. The standard InChI is InChI=1S/C17H13N5OS/c1-11-7-20-22(9-11)16-5-3-13(8-18-16)21-17(23)12-2-4-14-15(6-12)24-10-19-14/h2-10H,1H3,(H,21,23). The fourth-order valence-electron chi connectivity index (χ4n) is 2.33. The lowest BCUT2D eigenvalue weighted by molar-refractivity contribution is 0.102. The van der Waals surface area contributed by atoms with Gasteiger partial charge in [0.2, 0.25) is 0 Å². The summed E-state index contributed by atoms with van der Waals surface area (Å²) < 4.78 is 2.68. The maximum Gasteiger partial charge on any atom is 0.255 e. The Hall–Kier alpha value is -3.06. The lowest BCUT2D eigenvalue weighted by atomic mass is 10.2. The van der Waals surface area contributed by atoms with Crippen LogP contribution < -0.4 is 5.32 Å². The van der Waals surface area contributed by atoms with Gasteiger partial charge in [0.25, 0.3) is 5.91 Å². The first-order chi connectivity index (χ1) is 11.7. The van der Waals surface area contributed by atoms with E-state index in [1.807, 2.05) is 37.4 Å². The largest absolute Gasteiger partial charge is 0.321 e. The van der Waals surface area contributed by atoms with Crippen LogP contribution >= 0.6 is 11.3 Å². The van der Waals surface area contributed by atoms with E-state index < -0.39 is 0 Å². The Kier molecular flexibility index (Phi) is 3.55. The van der Waals surface area contributed by atoms with E-state index in [4.69, 9.17) is 0 Å². The number of pyridine rings is 1. The first-order valence-corrected chi connectivity index (χ1v) is 8.19. The van der Waals surface area contributed by atoms with Crippen LogP contribution in [-0.2, 0) is 0 Å². The van der Waals surface area contributed by atoms with Crippen molar-refractivity contribution in [3.8, 4) is 5.82 Å². The quantitative estimate of drug-likeness (QED) is 0.622. The summed E-state index contributed by atoms with van der Waals surface area (Å²) in [5, 5.41) is 7.06. The monoisotopic (exact) mass is 335 g/mol. The molecular weight excluding hydrogens is 322 g/mol. The highest BCUT2D eigenvalue weighted by molar-refractivity contribution is 7.16. The molecule has 1 N–H and O–H groups in total. The third-order valence-electron chi connectivity index (χ3n) is 3.55. The number of hydrogen-bond donors (Lipinski definition) is 1. The van der Waals surface area contributed by atoms with Crippen LogP contribution in [0.5, 0.6) is 0 Å². The molecule has 0 bridgehead atoms. The van der Waals surface area contributed by atoms with Crippen molar-refractivity contribution < 1.29 is 4.79 Å². The number of fused-ring (bicyclic) bond motifs is 1. The summed E-state index contributed by atoms with van der Waals surface area (Å²) >= 11 is 1.51. The topological polar surface area (TPSA) is 72.7 Å². The Labute approximate surface area is 141 Å². The summed E-state index contributed by atoms with van der Waals surface area (Å²) in [7, 11) is 0. The molecule has 4 aromatic rings. The number of carbonyl (C=O) groups excluding carboxylic acids is 1. The number of aromatic nitrogens is 4. The number of nitrogens with zero attached hydrogens (tertiary/aromatic N) is 4. The summed E-state index contributed by atoms with van der Waals surface area (Å²) in [6.45, 7) is 1.97. The number of hydrogen-bond acceptors (Lipinski definition) is 5. The second-order valence-electron chi connectivity index (χ2n) is 5.36. The van der Waals surface area contributed by atoms with E-state index in [0.29, 0.717) is 17.1 Å². The number of amides is 1. The maximum atomic E-state index is 12.4. The van der Waals surface area contributed by atoms with Gasteiger partial charge in [-0.25, -0.2) is 14.6 Å². The molecule has 0 unspecified atom stereocenters. The van der Waals surface area contributed by atoms with Gasteiger partial charge in [-0.2, -0.15) is 5.10 Å². The van der Waals surface area contributed by atoms with Crippen molar-refractivity contribution in [2.45, 2.75) is 6.92 Å². The van der Waals surface area contributed by atoms with Crippen molar-refractivity contribution in [3.63, 3.8) is 0 Å². The van der Waals surface area contributed by atoms with Crippen molar-refractivity contribution in [2.75, 3.05) is 5.32 Å². The van der Waals surface area contributed by atoms with Gasteiger partial charge in [-0.3, -0.25) is 4.79 Å². The van der Waals surface area contributed by atoms with E-state index in [0.717, 1.165) is 15.8 Å². The summed E-state index contributed by atoms with van der Waals surface area (Å²) in [6, 6.07) is 9.08. The first kappa shape index (κ1) is 14.5. The molecule has 0 aliphatic rings. The van der Waals surface area contributed by atoms with Crippen LogP contribution in [0.1, 0.15) is 15.9 Å². The summed E-state index contributed by atoms with van der Waals surface area (Å²) in [4.78, 5) is 20.9. The van der Waals surface area contributed by atoms with E-state index in [1.54, 1.807) is 28.7 Å². The fraction of sp³-hybridized carbons (Fsp3) is 0.0588. The summed E-state index contributed by atoms with van der Waals surface area (Å²) in [5.74, 6) is 0.530. The van der Waals surface area contributed by atoms with Crippen molar-refractivity contribution in [1.82, 2.24) is 19.7 Å². The van der Waals surface area contributed by atoms with Gasteiger partial charge in [0.1, 0.15) is 0 Å². The Morgan fingerprint density at radius 1 is 1.17 bits per heavy atom. The van der Waals surface area contributed by atoms with Gasteiger partial charge >= 0.3 is 0 Å². The third kappa shape index (κ3) is 2.77. The van der Waals surface area contributed by atoms with Crippen LogP contribution in [-0.4, -0.2) is 25.7 Å². The molecule has 0 atom stereocenters. The predicted molar refractivity (Wildman–Crippen MR) is 93.7 cm³/mol. The highest BCUT2D eigenvalue weighted by atomic mass is 32.1. The Balaban J connectivity index is 1.53. The van der Waals surface area contributed by atoms with E-state index in [9.17, 15) is 4.79 Å². The number of thiazole rings is 1. The number of benzene rings is 1. The van der Waals surface area contributed by atoms with Crippen LogP contribution in [0.2, 0.25) is 0 Å². The van der Waals surface area contributed by atoms with Gasteiger partial charge in [0.05, 0.1) is 33.8 Å². The molecule has 6 nitrogen and oxygen atoms in total. The SMILES string of the molecule is Cc1cnn(-c2ccc(NC(=O)c3ccc4ncsc4c3)cn2)c1. The second kappa shape index (κ2) is 5.86. The van der Waals surface area contributed by atoms with E-state index >= 15 is 0 Å². The molecule has 3 aromatic heterocycles. The molecule has 118 valence electrons. The van der Waals surface area contributed by atoms with Crippen LogP contribution in [0.15, 0.2) is 54.4 Å². The van der Waals surface area contributed by atoms with Gasteiger partial charge < -0.3 is 5.32 Å². The second-order valence-corrected chi connectivity index (χ2v) is 6.24. The first-order valence-electron chi connectivity index (χ1n) is 7.31. The smallest absolute Gasteiger partial charge is 0.255 e. The Bertz CT molecular complexity index is 1020. The van der Waals surface area contributed by atoms with E-state index in [-0.39, 0.29) is 5.91 Å². The predicted octanol–water partition coefficient (Wildman–Crippen LogP) is 3.44. The lowest BCUT2D eigenvalue weighted by Gasteiger charge is -2.06. The van der Waals surface area contributed by atoms with Gasteiger partial charge in [-0.1, -0.05) is 0 Å². The maximum absolute atomic E-state index is 12.4. The Morgan fingerprint density at radius 2 is 2.08 bits per heavy atom. The number of carbonyl (C=O) groups is 1. The molecule has 4 rings (SSSR count). The number of anilines is 1. The molecule has 0 saturated heterocycles. The molecular formula is C17H13N5OS. The molecule has 3 heterocycles. The molecule has 0 aliphatic carbocycles. The van der Waals surface area contributed by atoms with Crippen molar-refractivity contribution in [1.29, 1.82) is 0 Å². The molecule has 1 aromatic carbocycles. The Morgan fingerprint density at radius 3 is 2.83 bits per heavy atom. The molecule has 24 heavy (non-hydrogen) atoms. The minimum atomic E-state index is -0.171. The number of rotatable bonds is 3.